The van der Waals surface area contributed by atoms with Crippen LogP contribution in [0.5, 0.6) is 0 Å². The predicted molar refractivity (Wildman–Crippen MR) is 253 cm³/mol. The number of hydrogen-bond donors (Lipinski definition) is 1. The topological polar surface area (TPSA) is 15.3 Å². The Morgan fingerprint density at radius 1 is 0.661 bits per heavy atom. The number of fused-ring (bicyclic) bond motifs is 10. The minimum absolute atomic E-state index is 0.0285. The van der Waals surface area contributed by atoms with Crippen molar-refractivity contribution < 1.29 is 0 Å². The molecule has 59 heavy (non-hydrogen) atoms. The van der Waals surface area contributed by atoms with Gasteiger partial charge in [0, 0.05) is 48.2 Å². The van der Waals surface area contributed by atoms with Crippen LogP contribution in [0.1, 0.15) is 93.7 Å². The van der Waals surface area contributed by atoms with Crippen LogP contribution in [-0.2, 0) is 16.2 Å². The third-order valence-electron chi connectivity index (χ3n) is 15.1. The van der Waals surface area contributed by atoms with E-state index in [-0.39, 0.29) is 16.4 Å². The lowest BCUT2D eigenvalue weighted by Crippen LogP contribution is -2.57. The van der Waals surface area contributed by atoms with Gasteiger partial charge in [0.25, 0.3) is 0 Å². The van der Waals surface area contributed by atoms with Crippen molar-refractivity contribution in [1.82, 2.24) is 0 Å². The zero-order chi connectivity index (χ0) is 39.9. The number of benzene rings is 7. The molecular weight excluding hydrogens is 731 g/mol. The first-order valence-corrected chi connectivity index (χ1v) is 22.4. The molecule has 287 valence electrons. The van der Waals surface area contributed by atoms with Crippen molar-refractivity contribution >= 4 is 72.5 Å². The summed E-state index contributed by atoms with van der Waals surface area (Å²) < 4.78 is 2.69. The molecule has 1 N–H and O–H groups in total. The fraction of sp³-hybridized carbons (Fsp3) is 0.236. The summed E-state index contributed by atoms with van der Waals surface area (Å²) in [4.78, 5) is 2.85. The number of nitrogens with zero attached hydrogens (tertiary/aromatic N) is 1. The lowest BCUT2D eigenvalue weighted by molar-refractivity contribution is 0.195. The second kappa shape index (κ2) is 12.2. The summed E-state index contributed by atoms with van der Waals surface area (Å²) in [5.74, 6) is 0. The maximum atomic E-state index is 4.13. The van der Waals surface area contributed by atoms with Crippen LogP contribution in [0, 0.1) is 0 Å². The predicted octanol–water partition coefficient (Wildman–Crippen LogP) is 13.2. The molecule has 4 heterocycles. The third-order valence-corrected chi connectivity index (χ3v) is 16.3. The molecule has 4 aliphatic rings. The lowest BCUT2D eigenvalue weighted by Gasteiger charge is -2.51. The number of nitrogens with one attached hydrogen (secondary N) is 1. The Labute approximate surface area is 353 Å². The average Bonchev–Trinajstić information content (AvgIpc) is 3.72. The fourth-order valence-electron chi connectivity index (χ4n) is 12.0. The maximum absolute atomic E-state index is 4.13. The number of anilines is 4. The summed E-state index contributed by atoms with van der Waals surface area (Å²) in [5.41, 5.74) is 18.0. The molecule has 7 aromatic carbocycles. The molecule has 2 nitrogen and oxygen atoms in total. The molecule has 4 heteroatoms. The monoisotopic (exact) mass is 779 g/mol. The van der Waals surface area contributed by atoms with Crippen LogP contribution in [0.2, 0.25) is 0 Å². The minimum Gasteiger partial charge on any atom is -0.354 e. The molecule has 2 atom stereocenters. The highest BCUT2D eigenvalue weighted by Gasteiger charge is 2.60. The van der Waals surface area contributed by atoms with Gasteiger partial charge in [-0.15, -0.1) is 11.3 Å². The number of para-hydroxylation sites is 2. The van der Waals surface area contributed by atoms with Crippen LogP contribution in [0.3, 0.4) is 0 Å². The molecule has 8 aromatic rings. The van der Waals surface area contributed by atoms with Crippen LogP contribution >= 0.6 is 11.3 Å². The van der Waals surface area contributed by atoms with E-state index in [0.29, 0.717) is 0 Å². The summed E-state index contributed by atoms with van der Waals surface area (Å²) >= 11 is 1.95. The van der Waals surface area contributed by atoms with Crippen LogP contribution in [0.25, 0.3) is 31.3 Å². The normalized spacial score (nSPS) is 20.9. The summed E-state index contributed by atoms with van der Waals surface area (Å²) in [7, 11) is 2.58. The molecule has 0 bridgehead atoms. The van der Waals surface area contributed by atoms with E-state index in [0.717, 1.165) is 5.69 Å². The van der Waals surface area contributed by atoms with E-state index < -0.39 is 5.41 Å². The van der Waals surface area contributed by atoms with Gasteiger partial charge in [-0.25, -0.2) is 0 Å². The third kappa shape index (κ3) is 4.59. The molecule has 1 saturated carbocycles. The van der Waals surface area contributed by atoms with Gasteiger partial charge in [-0.05, 0) is 87.8 Å². The highest BCUT2D eigenvalue weighted by Crippen LogP contribution is 2.63. The second-order valence-corrected chi connectivity index (χ2v) is 20.1. The Balaban J connectivity index is 1.22. The van der Waals surface area contributed by atoms with Crippen molar-refractivity contribution in [3.63, 3.8) is 0 Å². The van der Waals surface area contributed by atoms with E-state index in [1.54, 1.807) is 5.56 Å². The Kier molecular flexibility index (Phi) is 7.34. The van der Waals surface area contributed by atoms with E-state index in [2.05, 4.69) is 198 Å². The van der Waals surface area contributed by atoms with Gasteiger partial charge >= 0.3 is 0 Å². The van der Waals surface area contributed by atoms with Crippen LogP contribution in [0.15, 0.2) is 146 Å². The largest absolute Gasteiger partial charge is 0.354 e. The van der Waals surface area contributed by atoms with Crippen LogP contribution in [-0.4, -0.2) is 12.8 Å². The molecule has 0 spiro atoms. The Hall–Kier alpha value is -5.58. The molecular formula is C55H48BN2S. The lowest BCUT2D eigenvalue weighted by atomic mass is 9.56. The zero-order valence-corrected chi connectivity index (χ0v) is 35.4. The van der Waals surface area contributed by atoms with Crippen molar-refractivity contribution in [1.29, 1.82) is 0 Å². The van der Waals surface area contributed by atoms with E-state index in [9.17, 15) is 0 Å². The Morgan fingerprint density at radius 3 is 2.10 bits per heavy atom. The molecule has 2 unspecified atom stereocenters. The van der Waals surface area contributed by atoms with E-state index in [1.807, 2.05) is 11.3 Å². The first-order chi connectivity index (χ1) is 28.6. The van der Waals surface area contributed by atoms with Gasteiger partial charge in [-0.1, -0.05) is 173 Å². The molecule has 1 fully saturated rings. The molecule has 12 rings (SSSR count). The van der Waals surface area contributed by atoms with Crippen LogP contribution in [0.4, 0.5) is 22.7 Å². The first kappa shape index (κ1) is 35.4. The van der Waals surface area contributed by atoms with Gasteiger partial charge in [-0.3, -0.25) is 0 Å². The highest BCUT2D eigenvalue weighted by atomic mass is 32.1. The van der Waals surface area contributed by atoms with E-state index in [1.165, 1.54) is 113 Å². The van der Waals surface area contributed by atoms with Gasteiger partial charge in [0.2, 0.25) is 0 Å². The quantitative estimate of drug-likeness (QED) is 0.180. The Morgan fingerprint density at radius 2 is 1.34 bits per heavy atom. The van der Waals surface area contributed by atoms with Crippen molar-refractivity contribution in [2.24, 2.45) is 0 Å². The second-order valence-electron chi connectivity index (χ2n) is 19.0. The van der Waals surface area contributed by atoms with Gasteiger partial charge in [0.05, 0.1) is 16.6 Å². The van der Waals surface area contributed by atoms with E-state index >= 15 is 0 Å². The van der Waals surface area contributed by atoms with Gasteiger partial charge < -0.3 is 10.2 Å². The summed E-state index contributed by atoms with van der Waals surface area (Å²) in [6, 6.07) is 55.2. The average molecular weight is 780 g/mol. The van der Waals surface area contributed by atoms with Crippen molar-refractivity contribution in [2.45, 2.75) is 82.1 Å². The van der Waals surface area contributed by atoms with Crippen LogP contribution < -0.4 is 21.1 Å². The zero-order valence-electron chi connectivity index (χ0n) is 34.6. The molecule has 0 saturated heterocycles. The number of thiophene rings is 1. The smallest absolute Gasteiger partial charge is 0.197 e. The summed E-state index contributed by atoms with van der Waals surface area (Å²) in [6.45, 7) is 12.3. The Bertz CT molecular complexity index is 2990. The fourth-order valence-corrected chi connectivity index (χ4v) is 13.2. The van der Waals surface area contributed by atoms with Gasteiger partial charge in [0.1, 0.15) is 0 Å². The molecule has 3 aliphatic heterocycles. The van der Waals surface area contributed by atoms with Gasteiger partial charge in [0.15, 0.2) is 7.28 Å². The van der Waals surface area contributed by atoms with Gasteiger partial charge in [-0.2, -0.15) is 0 Å². The number of hydrogen-bond acceptors (Lipinski definition) is 3. The minimum atomic E-state index is -0.539. The van der Waals surface area contributed by atoms with E-state index in [4.69, 9.17) is 0 Å². The molecule has 1 radical (unpaired) electrons. The first-order valence-electron chi connectivity index (χ1n) is 21.6. The van der Waals surface area contributed by atoms with Crippen molar-refractivity contribution in [3.05, 3.63) is 179 Å². The standard InChI is InChI=1S/C55H48BN2S/c1-52(2,3)36-31-42-50-43(32-36)56-48-45(58(50)54(5)30-17-16-29-53(42,54)4)33-39-37-23-12-15-28-46(37)59-51(39)47(48)38-24-18-26-41-49(38)57-44-27-14-13-25-40(44)55(41,34-19-8-6-9-20-34)35-21-10-7-11-22-35/h6-15,18-28,31-33,57H,16-17,29-30H2,1-5H3. The molecule has 1 aromatic heterocycles. The summed E-state index contributed by atoms with van der Waals surface area (Å²) in [6.07, 6.45) is 4.92. The molecule has 0 amide bonds. The SMILES string of the molecule is CC(C)(C)c1cc2c3c(c1)C1(C)CCCCC1(C)N3c1cc3c(sc4ccccc43)c(-c3cccc4c3Nc3ccccc3C4(c3ccccc3)c3ccccc3)c1[B]2. The maximum Gasteiger partial charge on any atom is 0.197 e. The summed E-state index contributed by atoms with van der Waals surface area (Å²) in [5, 5.41) is 6.82. The molecule has 1 aliphatic carbocycles. The highest BCUT2D eigenvalue weighted by molar-refractivity contribution is 7.26. The number of rotatable bonds is 3. The van der Waals surface area contributed by atoms with Crippen molar-refractivity contribution in [3.8, 4) is 11.1 Å². The van der Waals surface area contributed by atoms with Crippen molar-refractivity contribution in [2.75, 3.05) is 10.2 Å².